The molecule has 1 saturated carbocycles. The molecule has 7 heteroatoms. The molecule has 0 amide bonds. The molecule has 208 valence electrons. The number of hydrogen-bond donors (Lipinski definition) is 0. The highest BCUT2D eigenvalue weighted by Gasteiger charge is 2.28. The van der Waals surface area contributed by atoms with Gasteiger partial charge in [-0.3, -0.25) is 9.00 Å². The van der Waals surface area contributed by atoms with Gasteiger partial charge in [0.25, 0.3) is 0 Å². The average molecular weight is 553 g/mol. The Balaban J connectivity index is 1.56. The summed E-state index contributed by atoms with van der Waals surface area (Å²) in [5, 5.41) is -0.145. The van der Waals surface area contributed by atoms with Gasteiger partial charge in [-0.25, -0.2) is 4.39 Å². The molecule has 1 fully saturated rings. The van der Waals surface area contributed by atoms with E-state index in [1.54, 1.807) is 18.2 Å². The number of hydrogen-bond acceptors (Lipinski definition) is 5. The minimum absolute atomic E-state index is 0.0946. The standard InChI is InChI=1S/C32H37FO5S/c1-5-37-32(34)18-25(15-22-9-10-22)24-7-6-8-27(17-24)38-20-23-11-13-28(31(16-23)39(35)21(2)3)29-19-26(36-4)12-14-30(29)33/h6-8,11-14,16-17,19,21-22,25H,5,9-10,15,18,20H2,1-4H3/t25-,39?/m1/s1. The lowest BCUT2D eigenvalue weighted by Gasteiger charge is -2.18. The zero-order valence-electron chi connectivity index (χ0n) is 23.1. The number of benzene rings is 3. The Morgan fingerprint density at radius 1 is 1.03 bits per heavy atom. The molecule has 0 radical (unpaired) electrons. The van der Waals surface area contributed by atoms with Crippen LogP contribution < -0.4 is 9.47 Å². The summed E-state index contributed by atoms with van der Waals surface area (Å²) in [6.07, 6.45) is 3.76. The highest BCUT2D eigenvalue weighted by Crippen LogP contribution is 2.41. The Kier molecular flexibility index (Phi) is 9.78. The molecule has 1 aliphatic carbocycles. The van der Waals surface area contributed by atoms with E-state index in [0.29, 0.717) is 46.5 Å². The molecule has 39 heavy (non-hydrogen) atoms. The van der Waals surface area contributed by atoms with Crippen molar-refractivity contribution in [2.45, 2.75) is 69.1 Å². The number of esters is 1. The smallest absolute Gasteiger partial charge is 0.306 e. The van der Waals surface area contributed by atoms with Crippen LogP contribution in [0.5, 0.6) is 11.5 Å². The van der Waals surface area contributed by atoms with Gasteiger partial charge in [0.05, 0.1) is 30.9 Å². The van der Waals surface area contributed by atoms with Crippen LogP contribution in [0, 0.1) is 11.7 Å². The number of methoxy groups -OCH3 is 1. The topological polar surface area (TPSA) is 61.8 Å². The van der Waals surface area contributed by atoms with Gasteiger partial charge in [0, 0.05) is 21.3 Å². The predicted octanol–water partition coefficient (Wildman–Crippen LogP) is 7.43. The number of halogens is 1. The predicted molar refractivity (Wildman–Crippen MR) is 152 cm³/mol. The summed E-state index contributed by atoms with van der Waals surface area (Å²) in [7, 11) is 0.186. The van der Waals surface area contributed by atoms with E-state index in [1.807, 2.05) is 57.2 Å². The van der Waals surface area contributed by atoms with Crippen molar-refractivity contribution < 1.29 is 27.6 Å². The van der Waals surface area contributed by atoms with E-state index in [4.69, 9.17) is 14.2 Å². The van der Waals surface area contributed by atoms with Crippen LogP contribution in [0.25, 0.3) is 11.1 Å². The third kappa shape index (κ3) is 7.69. The highest BCUT2D eigenvalue weighted by atomic mass is 32.2. The molecule has 0 N–H and O–H groups in total. The van der Waals surface area contributed by atoms with E-state index in [1.165, 1.54) is 26.0 Å². The Hall–Kier alpha value is -3.19. The molecule has 1 aliphatic rings. The van der Waals surface area contributed by atoms with E-state index in [2.05, 4.69) is 0 Å². The number of rotatable bonds is 13. The molecule has 0 aliphatic heterocycles. The zero-order valence-corrected chi connectivity index (χ0v) is 23.9. The Morgan fingerprint density at radius 2 is 1.82 bits per heavy atom. The van der Waals surface area contributed by atoms with Crippen molar-refractivity contribution in [3.8, 4) is 22.6 Å². The fourth-order valence-electron chi connectivity index (χ4n) is 4.68. The largest absolute Gasteiger partial charge is 0.497 e. The molecular weight excluding hydrogens is 515 g/mol. The first-order chi connectivity index (χ1) is 18.8. The van der Waals surface area contributed by atoms with Crippen LogP contribution in [0.3, 0.4) is 0 Å². The van der Waals surface area contributed by atoms with E-state index in [-0.39, 0.29) is 23.7 Å². The number of carbonyl (C=O) groups excluding carboxylic acids is 1. The van der Waals surface area contributed by atoms with E-state index >= 15 is 0 Å². The van der Waals surface area contributed by atoms with Crippen LogP contribution in [0.4, 0.5) is 4.39 Å². The van der Waals surface area contributed by atoms with Crippen LogP contribution in [0.15, 0.2) is 65.6 Å². The first-order valence-electron chi connectivity index (χ1n) is 13.5. The summed E-state index contributed by atoms with van der Waals surface area (Å²) in [5.41, 5.74) is 2.82. The Bertz CT molecular complexity index is 1320. The molecule has 3 aromatic carbocycles. The molecule has 0 bridgehead atoms. The zero-order chi connectivity index (χ0) is 27.9. The van der Waals surface area contributed by atoms with Crippen molar-refractivity contribution in [2.75, 3.05) is 13.7 Å². The lowest BCUT2D eigenvalue weighted by Crippen LogP contribution is -2.11. The van der Waals surface area contributed by atoms with Crippen LogP contribution in [-0.2, 0) is 26.9 Å². The number of carbonyl (C=O) groups is 1. The third-order valence-corrected chi connectivity index (χ3v) is 8.55. The van der Waals surface area contributed by atoms with Gasteiger partial charge in [0.1, 0.15) is 23.9 Å². The summed E-state index contributed by atoms with van der Waals surface area (Å²) < 4.78 is 44.7. The summed E-state index contributed by atoms with van der Waals surface area (Å²) in [6.45, 7) is 6.22. The maximum absolute atomic E-state index is 14.8. The van der Waals surface area contributed by atoms with Crippen LogP contribution in [0.1, 0.15) is 63.5 Å². The fraction of sp³-hybridized carbons (Fsp3) is 0.406. The lowest BCUT2D eigenvalue weighted by atomic mass is 9.90. The lowest BCUT2D eigenvalue weighted by molar-refractivity contribution is -0.143. The molecule has 4 rings (SSSR count). The molecule has 1 unspecified atom stereocenters. The minimum atomic E-state index is -1.35. The molecular formula is C32H37FO5S. The molecule has 0 heterocycles. The van der Waals surface area contributed by atoms with E-state index < -0.39 is 16.6 Å². The quantitative estimate of drug-likeness (QED) is 0.206. The number of ether oxygens (including phenoxy) is 3. The molecule has 3 aromatic rings. The van der Waals surface area contributed by atoms with Crippen LogP contribution in [-0.4, -0.2) is 29.1 Å². The summed E-state index contributed by atoms with van der Waals surface area (Å²) in [5.74, 6) is 1.42. The van der Waals surface area contributed by atoms with Crippen molar-refractivity contribution in [1.29, 1.82) is 0 Å². The Morgan fingerprint density at radius 3 is 2.51 bits per heavy atom. The van der Waals surface area contributed by atoms with E-state index in [0.717, 1.165) is 17.5 Å². The van der Waals surface area contributed by atoms with Gasteiger partial charge in [-0.15, -0.1) is 0 Å². The Labute approximate surface area is 233 Å². The van der Waals surface area contributed by atoms with Crippen molar-refractivity contribution in [2.24, 2.45) is 5.92 Å². The van der Waals surface area contributed by atoms with Gasteiger partial charge in [-0.05, 0) is 72.7 Å². The van der Waals surface area contributed by atoms with Crippen molar-refractivity contribution in [1.82, 2.24) is 0 Å². The normalized spacial score (nSPS) is 14.6. The molecule has 0 aromatic heterocycles. The van der Waals surface area contributed by atoms with Gasteiger partial charge in [-0.2, -0.15) is 0 Å². The summed E-state index contributed by atoms with van der Waals surface area (Å²) in [4.78, 5) is 12.8. The maximum Gasteiger partial charge on any atom is 0.306 e. The first-order valence-corrected chi connectivity index (χ1v) is 14.8. The monoisotopic (exact) mass is 552 g/mol. The minimum Gasteiger partial charge on any atom is -0.497 e. The van der Waals surface area contributed by atoms with Crippen molar-refractivity contribution in [3.63, 3.8) is 0 Å². The van der Waals surface area contributed by atoms with Gasteiger partial charge in [-0.1, -0.05) is 51.0 Å². The second kappa shape index (κ2) is 13.2. The molecule has 5 nitrogen and oxygen atoms in total. The van der Waals surface area contributed by atoms with Gasteiger partial charge in [0.15, 0.2) is 0 Å². The van der Waals surface area contributed by atoms with E-state index in [9.17, 15) is 13.4 Å². The summed E-state index contributed by atoms with van der Waals surface area (Å²) in [6, 6.07) is 17.9. The van der Waals surface area contributed by atoms with Crippen molar-refractivity contribution in [3.05, 3.63) is 77.6 Å². The second-order valence-electron chi connectivity index (χ2n) is 10.3. The fourth-order valence-corrected chi connectivity index (χ4v) is 5.85. The second-order valence-corrected chi connectivity index (χ2v) is 12.2. The van der Waals surface area contributed by atoms with Gasteiger partial charge >= 0.3 is 5.97 Å². The van der Waals surface area contributed by atoms with Gasteiger partial charge in [0.2, 0.25) is 0 Å². The molecule has 2 atom stereocenters. The molecule has 0 saturated heterocycles. The first kappa shape index (κ1) is 28.8. The summed E-state index contributed by atoms with van der Waals surface area (Å²) >= 11 is 0. The maximum atomic E-state index is 14.8. The highest BCUT2D eigenvalue weighted by molar-refractivity contribution is 7.85. The van der Waals surface area contributed by atoms with Gasteiger partial charge < -0.3 is 14.2 Å². The average Bonchev–Trinajstić information content (AvgIpc) is 3.76. The molecule has 0 spiro atoms. The SMILES string of the molecule is CCOC(=O)C[C@@H](CC1CC1)c1cccc(OCc2ccc(-c3cc(OC)ccc3F)c(S(=O)C(C)C)c2)c1. The van der Waals surface area contributed by atoms with Crippen molar-refractivity contribution >= 4 is 16.8 Å². The van der Waals surface area contributed by atoms with Crippen LogP contribution >= 0.6 is 0 Å². The van der Waals surface area contributed by atoms with Crippen LogP contribution in [0.2, 0.25) is 0 Å². The third-order valence-electron chi connectivity index (χ3n) is 6.92.